The molecule has 0 heterocycles. The van der Waals surface area contributed by atoms with Crippen molar-refractivity contribution in [2.75, 3.05) is 13.2 Å². The molecule has 0 bridgehead atoms. The molecule has 0 N–H and O–H groups in total. The minimum atomic E-state index is -5.80. The Morgan fingerprint density at radius 1 is 1.00 bits per heavy atom. The van der Waals surface area contributed by atoms with Crippen LogP contribution in [0.2, 0.25) is 0 Å². The smallest absolute Gasteiger partial charge is 0.456 e. The number of hydrogen-bond donors (Lipinski definition) is 0. The quantitative estimate of drug-likeness (QED) is 0.536. The van der Waals surface area contributed by atoms with Crippen LogP contribution in [0.4, 0.5) is 22.0 Å². The van der Waals surface area contributed by atoms with Crippen molar-refractivity contribution in [3.63, 3.8) is 0 Å². The second-order valence-corrected chi connectivity index (χ2v) is 4.46. The van der Waals surface area contributed by atoms with E-state index in [1.165, 1.54) is 0 Å². The van der Waals surface area contributed by atoms with E-state index in [-0.39, 0.29) is 12.3 Å². The van der Waals surface area contributed by atoms with Gasteiger partial charge in [0.2, 0.25) is 0 Å². The third kappa shape index (κ3) is 7.25. The molecular weight excluding hydrogens is 291 g/mol. The van der Waals surface area contributed by atoms with Gasteiger partial charge in [0.1, 0.15) is 0 Å². The Morgan fingerprint density at radius 3 is 2.00 bits per heavy atom. The van der Waals surface area contributed by atoms with Crippen molar-refractivity contribution in [1.29, 1.82) is 0 Å². The van der Waals surface area contributed by atoms with Gasteiger partial charge in [-0.15, -0.1) is 0 Å². The first-order chi connectivity index (χ1) is 8.95. The van der Waals surface area contributed by atoms with Gasteiger partial charge in [0.25, 0.3) is 0 Å². The number of carbonyl (C=O) groups is 2. The summed E-state index contributed by atoms with van der Waals surface area (Å²) in [5.41, 5.74) is 0. The number of ether oxygens (including phenoxy) is 2. The van der Waals surface area contributed by atoms with Crippen molar-refractivity contribution < 1.29 is 41.0 Å². The Kier molecular flexibility index (Phi) is 6.87. The zero-order chi connectivity index (χ0) is 16.0. The Hall–Kier alpha value is -1.41. The van der Waals surface area contributed by atoms with Crippen LogP contribution in [0, 0.1) is 5.92 Å². The lowest BCUT2D eigenvalue weighted by Gasteiger charge is -2.18. The van der Waals surface area contributed by atoms with Crippen molar-refractivity contribution in [1.82, 2.24) is 0 Å². The number of alkyl halides is 5. The zero-order valence-corrected chi connectivity index (χ0v) is 10.9. The van der Waals surface area contributed by atoms with Gasteiger partial charge in [-0.2, -0.15) is 22.0 Å². The maximum Gasteiger partial charge on any atom is 0.456 e. The summed E-state index contributed by atoms with van der Waals surface area (Å²) in [6.07, 6.45) is -5.29. The monoisotopic (exact) mass is 306 g/mol. The third-order valence-corrected chi connectivity index (χ3v) is 2.11. The van der Waals surface area contributed by atoms with Crippen LogP contribution in [-0.2, 0) is 19.1 Å². The number of rotatable bonds is 7. The topological polar surface area (TPSA) is 52.6 Å². The lowest BCUT2D eigenvalue weighted by Crippen LogP contribution is -2.41. The molecule has 0 atom stereocenters. The van der Waals surface area contributed by atoms with E-state index in [0.29, 0.717) is 6.42 Å². The van der Waals surface area contributed by atoms with E-state index in [4.69, 9.17) is 0 Å². The molecule has 0 fully saturated rings. The summed E-state index contributed by atoms with van der Waals surface area (Å²) in [6, 6.07) is 0. The van der Waals surface area contributed by atoms with Gasteiger partial charge in [-0.3, -0.25) is 4.79 Å². The lowest BCUT2D eigenvalue weighted by molar-refractivity contribution is -0.294. The van der Waals surface area contributed by atoms with Crippen LogP contribution in [0.5, 0.6) is 0 Å². The molecule has 0 aliphatic heterocycles. The van der Waals surface area contributed by atoms with Gasteiger partial charge < -0.3 is 9.47 Å². The van der Waals surface area contributed by atoms with Crippen LogP contribution in [0.3, 0.4) is 0 Å². The molecule has 0 saturated heterocycles. The fraction of sp³-hybridized carbons (Fsp3) is 0.818. The molecule has 20 heavy (non-hydrogen) atoms. The van der Waals surface area contributed by atoms with Crippen molar-refractivity contribution in [2.24, 2.45) is 5.92 Å². The highest BCUT2D eigenvalue weighted by Crippen LogP contribution is 2.35. The van der Waals surface area contributed by atoms with Crippen LogP contribution >= 0.6 is 0 Å². The van der Waals surface area contributed by atoms with E-state index in [2.05, 4.69) is 9.47 Å². The molecule has 0 radical (unpaired) electrons. The molecule has 0 spiro atoms. The number of carbonyl (C=O) groups excluding carboxylic acids is 2. The van der Waals surface area contributed by atoms with Gasteiger partial charge in [-0.05, 0) is 12.3 Å². The van der Waals surface area contributed by atoms with E-state index < -0.39 is 37.3 Å². The third-order valence-electron chi connectivity index (χ3n) is 2.11. The van der Waals surface area contributed by atoms with Gasteiger partial charge in [0.15, 0.2) is 13.2 Å². The Labute approximate surface area is 112 Å². The van der Waals surface area contributed by atoms with Crippen molar-refractivity contribution >= 4 is 11.9 Å². The summed E-state index contributed by atoms with van der Waals surface area (Å²) in [6.45, 7) is 0.561. The molecule has 0 unspecified atom stereocenters. The molecule has 0 aliphatic carbocycles. The first-order valence-corrected chi connectivity index (χ1v) is 5.71. The highest BCUT2D eigenvalue weighted by atomic mass is 19.4. The summed E-state index contributed by atoms with van der Waals surface area (Å²) in [5, 5.41) is 0. The van der Waals surface area contributed by atoms with Crippen LogP contribution in [-0.4, -0.2) is 37.3 Å². The SMILES string of the molecule is CC(C)CCC(=O)OCC(=O)OCC(F)(F)C(F)(F)F. The van der Waals surface area contributed by atoms with Crippen molar-refractivity contribution in [3.8, 4) is 0 Å². The summed E-state index contributed by atoms with van der Waals surface area (Å²) < 4.78 is 68.1. The van der Waals surface area contributed by atoms with Gasteiger partial charge in [-0.25, -0.2) is 4.79 Å². The van der Waals surface area contributed by atoms with Crippen LogP contribution < -0.4 is 0 Å². The van der Waals surface area contributed by atoms with Gasteiger partial charge in [0, 0.05) is 6.42 Å². The largest absolute Gasteiger partial charge is 0.456 e. The highest BCUT2D eigenvalue weighted by Gasteiger charge is 2.58. The average Bonchev–Trinajstić information content (AvgIpc) is 2.29. The Bertz CT molecular complexity index is 338. The van der Waals surface area contributed by atoms with Gasteiger partial charge >= 0.3 is 24.0 Å². The molecule has 0 aromatic carbocycles. The predicted molar refractivity (Wildman–Crippen MR) is 57.0 cm³/mol. The highest BCUT2D eigenvalue weighted by molar-refractivity contribution is 5.76. The van der Waals surface area contributed by atoms with Crippen LogP contribution in [0.15, 0.2) is 0 Å². The maximum absolute atomic E-state index is 12.4. The number of hydrogen-bond acceptors (Lipinski definition) is 4. The van der Waals surface area contributed by atoms with Crippen LogP contribution in [0.25, 0.3) is 0 Å². The van der Waals surface area contributed by atoms with Gasteiger partial charge in [-0.1, -0.05) is 13.8 Å². The second-order valence-electron chi connectivity index (χ2n) is 4.46. The average molecular weight is 306 g/mol. The van der Waals surface area contributed by atoms with E-state index in [9.17, 15) is 31.5 Å². The van der Waals surface area contributed by atoms with E-state index in [0.717, 1.165) is 0 Å². The van der Waals surface area contributed by atoms with Crippen molar-refractivity contribution in [2.45, 2.75) is 38.8 Å². The molecule has 0 saturated carbocycles. The normalized spacial score (nSPS) is 12.4. The Morgan fingerprint density at radius 2 is 1.55 bits per heavy atom. The van der Waals surface area contributed by atoms with Crippen LogP contribution in [0.1, 0.15) is 26.7 Å². The standard InChI is InChI=1S/C11H15F5O4/c1-7(2)3-4-8(17)19-5-9(18)20-6-10(12,13)11(14,15)16/h7H,3-6H2,1-2H3. The van der Waals surface area contributed by atoms with Crippen molar-refractivity contribution in [3.05, 3.63) is 0 Å². The number of halogens is 5. The molecule has 0 amide bonds. The molecular formula is C11H15F5O4. The summed E-state index contributed by atoms with van der Waals surface area (Å²) >= 11 is 0. The van der Waals surface area contributed by atoms with Gasteiger partial charge in [0.05, 0.1) is 0 Å². The maximum atomic E-state index is 12.4. The lowest BCUT2D eigenvalue weighted by atomic mass is 10.1. The summed E-state index contributed by atoms with van der Waals surface area (Å²) in [4.78, 5) is 21.9. The second kappa shape index (κ2) is 7.39. The molecule has 0 rings (SSSR count). The summed E-state index contributed by atoms with van der Waals surface area (Å²) in [7, 11) is 0. The minimum absolute atomic E-state index is 0.0175. The van der Waals surface area contributed by atoms with E-state index in [1.54, 1.807) is 0 Å². The first kappa shape index (κ1) is 18.6. The molecule has 0 aromatic rings. The van der Waals surface area contributed by atoms with E-state index in [1.807, 2.05) is 13.8 Å². The zero-order valence-electron chi connectivity index (χ0n) is 10.9. The fourth-order valence-corrected chi connectivity index (χ4v) is 0.913. The van der Waals surface area contributed by atoms with E-state index >= 15 is 0 Å². The number of esters is 2. The fourth-order valence-electron chi connectivity index (χ4n) is 0.913. The molecule has 9 heteroatoms. The predicted octanol–water partition coefficient (Wildman–Crippen LogP) is 2.71. The molecule has 4 nitrogen and oxygen atoms in total. The minimum Gasteiger partial charge on any atom is -0.456 e. The molecule has 0 aliphatic rings. The molecule has 118 valence electrons. The molecule has 0 aromatic heterocycles. The first-order valence-electron chi connectivity index (χ1n) is 5.71. The Balaban J connectivity index is 3.99. The summed E-state index contributed by atoms with van der Waals surface area (Å²) in [5.74, 6) is -7.13.